The van der Waals surface area contributed by atoms with Crippen molar-refractivity contribution in [2.24, 2.45) is 5.14 Å². The van der Waals surface area contributed by atoms with E-state index in [4.69, 9.17) is 19.6 Å². The van der Waals surface area contributed by atoms with Gasteiger partial charge in [0.05, 0.1) is 17.4 Å². The minimum absolute atomic E-state index is 0.00942. The number of ether oxygens (including phenoxy) is 2. The molecule has 7 nitrogen and oxygen atoms in total. The number of nitrogens with zero attached hydrogens (tertiary/aromatic N) is 2. The van der Waals surface area contributed by atoms with E-state index in [2.05, 4.69) is 23.4 Å². The third kappa shape index (κ3) is 4.43. The van der Waals surface area contributed by atoms with Crippen LogP contribution in [0.2, 0.25) is 0 Å². The second-order valence-corrected chi connectivity index (χ2v) is 11.0. The predicted molar refractivity (Wildman–Crippen MR) is 130 cm³/mol. The van der Waals surface area contributed by atoms with Crippen LogP contribution < -0.4 is 14.6 Å². The summed E-state index contributed by atoms with van der Waals surface area (Å²) in [6, 6.07) is 16.5. The zero-order valence-electron chi connectivity index (χ0n) is 17.7. The van der Waals surface area contributed by atoms with E-state index in [0.29, 0.717) is 24.5 Å². The molecule has 10 heteroatoms. The highest BCUT2D eigenvalue weighted by Crippen LogP contribution is 2.42. The number of rotatable bonds is 5. The summed E-state index contributed by atoms with van der Waals surface area (Å²) in [4.78, 5) is 11.4. The van der Waals surface area contributed by atoms with Gasteiger partial charge in [-0.3, -0.25) is 0 Å². The van der Waals surface area contributed by atoms with Gasteiger partial charge in [0.2, 0.25) is 10.0 Å². The largest absolute Gasteiger partial charge is 0.490 e. The lowest BCUT2D eigenvalue weighted by atomic mass is 9.92. The van der Waals surface area contributed by atoms with Gasteiger partial charge in [0, 0.05) is 23.6 Å². The molecule has 0 radical (unpaired) electrons. The fourth-order valence-corrected chi connectivity index (χ4v) is 6.21. The summed E-state index contributed by atoms with van der Waals surface area (Å²) in [6.45, 7) is 0.368. The van der Waals surface area contributed by atoms with E-state index in [1.165, 1.54) is 12.1 Å². The maximum atomic E-state index is 11.8. The quantitative estimate of drug-likeness (QED) is 0.405. The number of hydrogen-bond acceptors (Lipinski definition) is 8. The molecule has 5 rings (SSSR count). The van der Waals surface area contributed by atoms with Gasteiger partial charge < -0.3 is 9.47 Å². The van der Waals surface area contributed by atoms with Gasteiger partial charge in [0.15, 0.2) is 11.5 Å². The molecule has 2 aromatic carbocycles. The van der Waals surface area contributed by atoms with Gasteiger partial charge in [-0.15, -0.1) is 11.8 Å². The molecule has 3 heterocycles. The minimum Gasteiger partial charge on any atom is -0.490 e. The second-order valence-electron chi connectivity index (χ2n) is 7.55. The second kappa shape index (κ2) is 8.94. The number of nitrogens with two attached hydrogens (primary N) is 1. The zero-order chi connectivity index (χ0) is 23.0. The summed E-state index contributed by atoms with van der Waals surface area (Å²) in [5, 5.41) is 6.20. The number of fused-ring (bicyclic) bond motifs is 2. The van der Waals surface area contributed by atoms with Crippen LogP contribution >= 0.6 is 23.1 Å². The van der Waals surface area contributed by atoms with Gasteiger partial charge in [-0.1, -0.05) is 29.5 Å². The highest BCUT2D eigenvalue weighted by atomic mass is 32.2. The summed E-state index contributed by atoms with van der Waals surface area (Å²) in [5.74, 6) is 0.697. The van der Waals surface area contributed by atoms with Gasteiger partial charge in [-0.25, -0.2) is 23.5 Å². The van der Waals surface area contributed by atoms with E-state index in [-0.39, 0.29) is 16.9 Å². The number of benzene rings is 2. The lowest BCUT2D eigenvalue weighted by Crippen LogP contribution is -2.27. The Balaban J connectivity index is 1.61. The number of primary sulfonamides is 1. The molecule has 1 unspecified atom stereocenters. The van der Waals surface area contributed by atoms with Crippen LogP contribution in [0.15, 0.2) is 70.6 Å². The molecule has 1 aliphatic rings. The third-order valence-electron chi connectivity index (χ3n) is 5.48. The molecule has 0 spiro atoms. The molecule has 0 saturated heterocycles. The molecule has 2 atom stereocenters. The number of pyridine rings is 1. The highest BCUT2D eigenvalue weighted by molar-refractivity contribution is 7.98. The first-order valence-corrected chi connectivity index (χ1v) is 13.8. The first-order chi connectivity index (χ1) is 15.9. The summed E-state index contributed by atoms with van der Waals surface area (Å²) in [7, 11) is -3.84. The molecule has 4 aromatic rings. The van der Waals surface area contributed by atoms with E-state index in [1.54, 1.807) is 35.4 Å². The average Bonchev–Trinajstić information content (AvgIpc) is 3.11. The number of aromatic nitrogens is 2. The fourth-order valence-electron chi connectivity index (χ4n) is 3.95. The van der Waals surface area contributed by atoms with Crippen molar-refractivity contribution in [3.63, 3.8) is 0 Å². The van der Waals surface area contributed by atoms with Crippen LogP contribution in [0.4, 0.5) is 0 Å². The lowest BCUT2D eigenvalue weighted by Gasteiger charge is -2.26. The van der Waals surface area contributed by atoms with E-state index < -0.39 is 10.0 Å². The fraction of sp³-hybridized carbons (Fsp3) is 0.217. The van der Waals surface area contributed by atoms with Gasteiger partial charge in [-0.2, -0.15) is 0 Å². The molecule has 0 aliphatic carbocycles. The zero-order valence-corrected chi connectivity index (χ0v) is 20.1. The third-order valence-corrected chi connectivity index (χ3v) is 8.26. The van der Waals surface area contributed by atoms with Gasteiger partial charge >= 0.3 is 0 Å². The van der Waals surface area contributed by atoms with E-state index in [9.17, 15) is 8.42 Å². The van der Waals surface area contributed by atoms with Crippen molar-refractivity contribution in [3.05, 3.63) is 71.4 Å². The normalized spacial score (nSPS) is 17.0. The lowest BCUT2D eigenvalue weighted by molar-refractivity contribution is 0.172. The molecule has 0 saturated carbocycles. The van der Waals surface area contributed by atoms with E-state index in [0.717, 1.165) is 25.8 Å². The maximum Gasteiger partial charge on any atom is 0.238 e. The molecule has 1 aliphatic heterocycles. The molecule has 0 fully saturated rings. The Bertz CT molecular complexity index is 1390. The van der Waals surface area contributed by atoms with Crippen molar-refractivity contribution < 1.29 is 17.9 Å². The van der Waals surface area contributed by atoms with E-state index in [1.807, 2.05) is 24.3 Å². The molecule has 33 heavy (non-hydrogen) atoms. The molecule has 2 N–H and O–H groups in total. The molecule has 170 valence electrons. The Hall–Kier alpha value is -2.66. The van der Waals surface area contributed by atoms with Gasteiger partial charge in [0.25, 0.3) is 0 Å². The Morgan fingerprint density at radius 2 is 2.00 bits per heavy atom. The maximum absolute atomic E-state index is 11.8. The van der Waals surface area contributed by atoms with Crippen LogP contribution in [0, 0.1) is 0 Å². The summed E-state index contributed by atoms with van der Waals surface area (Å²) in [6.07, 6.45) is 4.14. The van der Waals surface area contributed by atoms with Crippen LogP contribution in [0.5, 0.6) is 11.5 Å². The van der Waals surface area contributed by atoms with Crippen molar-refractivity contribution in [2.75, 3.05) is 12.9 Å². The molecular formula is C23H21N3O4S3. The standard InChI is InChI=1S/C23H21N3O4S3/c1-31-20-7-3-2-5-15(20)21(23-26-16-6-4-11-25-22(16)32-23)18-10-12-29-19-13-14(33(24,27)28)8-9-17(19)30-18/h2-9,11,13,18,21H,10,12H2,1H3,(H2,24,27,28)/t18?,21-/m1/s1. The smallest absolute Gasteiger partial charge is 0.238 e. The summed E-state index contributed by atoms with van der Waals surface area (Å²) < 4.78 is 35.9. The van der Waals surface area contributed by atoms with Gasteiger partial charge in [-0.05, 0) is 42.2 Å². The van der Waals surface area contributed by atoms with Crippen LogP contribution in [-0.2, 0) is 10.0 Å². The number of hydrogen-bond donors (Lipinski definition) is 1. The van der Waals surface area contributed by atoms with Crippen molar-refractivity contribution in [1.29, 1.82) is 0 Å². The Morgan fingerprint density at radius 1 is 1.15 bits per heavy atom. The van der Waals surface area contributed by atoms with Crippen molar-refractivity contribution >= 4 is 43.5 Å². The monoisotopic (exact) mass is 499 g/mol. The van der Waals surface area contributed by atoms with Crippen LogP contribution in [-0.4, -0.2) is 37.4 Å². The Morgan fingerprint density at radius 3 is 2.79 bits per heavy atom. The molecular weight excluding hydrogens is 478 g/mol. The summed E-state index contributed by atoms with van der Waals surface area (Å²) in [5.41, 5.74) is 1.98. The topological polar surface area (TPSA) is 104 Å². The van der Waals surface area contributed by atoms with E-state index >= 15 is 0 Å². The number of thiazole rings is 1. The van der Waals surface area contributed by atoms with Crippen molar-refractivity contribution in [2.45, 2.75) is 28.2 Å². The van der Waals surface area contributed by atoms with Gasteiger partial charge in [0.1, 0.15) is 21.5 Å². The SMILES string of the molecule is CSc1ccccc1[C@@H](c1nc2cccnc2s1)C1CCOc2cc(S(N)(=O)=O)ccc2O1. The molecule has 0 amide bonds. The average molecular weight is 500 g/mol. The minimum atomic E-state index is -3.84. The molecule has 0 bridgehead atoms. The summed E-state index contributed by atoms with van der Waals surface area (Å²) >= 11 is 3.24. The number of thioether (sulfide) groups is 1. The Labute approximate surface area is 200 Å². The highest BCUT2D eigenvalue weighted by Gasteiger charge is 2.34. The van der Waals surface area contributed by atoms with Crippen molar-refractivity contribution in [1.82, 2.24) is 9.97 Å². The number of sulfonamides is 1. The predicted octanol–water partition coefficient (Wildman–Crippen LogP) is 4.42. The first kappa shape index (κ1) is 22.1. The molecule has 2 aromatic heterocycles. The first-order valence-electron chi connectivity index (χ1n) is 10.2. The Kier molecular flexibility index (Phi) is 6.00. The van der Waals surface area contributed by atoms with Crippen LogP contribution in [0.25, 0.3) is 10.3 Å². The van der Waals surface area contributed by atoms with Crippen molar-refractivity contribution in [3.8, 4) is 11.5 Å². The van der Waals surface area contributed by atoms with Crippen LogP contribution in [0.3, 0.4) is 0 Å². The van der Waals surface area contributed by atoms with Crippen LogP contribution in [0.1, 0.15) is 22.9 Å².